The molecule has 0 aliphatic carbocycles. The number of nitrogens with zero attached hydrogens (tertiary/aromatic N) is 1. The van der Waals surface area contributed by atoms with Crippen molar-refractivity contribution in [2.24, 2.45) is 4.99 Å². The Morgan fingerprint density at radius 2 is 1.74 bits per heavy atom. The van der Waals surface area contributed by atoms with E-state index in [0.717, 1.165) is 22.4 Å². The van der Waals surface area contributed by atoms with Crippen molar-refractivity contribution in [3.8, 4) is 11.5 Å². The summed E-state index contributed by atoms with van der Waals surface area (Å²) in [4.78, 5) is 4.53. The van der Waals surface area contributed by atoms with Crippen molar-refractivity contribution in [3.05, 3.63) is 95.3 Å². The average molecular weight is 363 g/mol. The summed E-state index contributed by atoms with van der Waals surface area (Å²) in [5.74, 6) is 1.13. The number of hydrogen-bond acceptors (Lipinski definition) is 3. The number of aliphatic imine (C=N–C) groups is 1. The average Bonchev–Trinajstić information content (AvgIpc) is 2.72. The quantitative estimate of drug-likeness (QED) is 0.512. The smallest absolute Gasteiger partial charge is 0.124 e. The number of ether oxygens (including phenoxy) is 2. The molecule has 0 aliphatic rings. The summed E-state index contributed by atoms with van der Waals surface area (Å²) in [6.45, 7) is 2.44. The van der Waals surface area contributed by atoms with E-state index in [9.17, 15) is 4.39 Å². The van der Waals surface area contributed by atoms with Gasteiger partial charge in [-0.15, -0.1) is 0 Å². The molecular weight excluding hydrogens is 341 g/mol. The van der Waals surface area contributed by atoms with Gasteiger partial charge in [-0.1, -0.05) is 30.3 Å². The molecule has 3 nitrogen and oxygen atoms in total. The second-order valence-corrected chi connectivity index (χ2v) is 6.18. The van der Waals surface area contributed by atoms with Gasteiger partial charge in [0, 0.05) is 11.8 Å². The van der Waals surface area contributed by atoms with Gasteiger partial charge >= 0.3 is 0 Å². The van der Waals surface area contributed by atoms with E-state index in [2.05, 4.69) is 4.99 Å². The summed E-state index contributed by atoms with van der Waals surface area (Å²) < 4.78 is 24.6. The fraction of sp³-hybridized carbons (Fsp3) is 0.174. The first-order valence-corrected chi connectivity index (χ1v) is 8.79. The highest BCUT2D eigenvalue weighted by Gasteiger charge is 2.11. The molecule has 0 saturated heterocycles. The molecule has 0 radical (unpaired) electrons. The van der Waals surface area contributed by atoms with Crippen LogP contribution in [-0.2, 0) is 6.61 Å². The van der Waals surface area contributed by atoms with Crippen molar-refractivity contribution in [2.75, 3.05) is 7.11 Å². The minimum Gasteiger partial charge on any atom is -0.496 e. The zero-order valence-electron chi connectivity index (χ0n) is 15.4. The van der Waals surface area contributed by atoms with Gasteiger partial charge in [-0.05, 0) is 60.5 Å². The third-order valence-electron chi connectivity index (χ3n) is 4.22. The lowest BCUT2D eigenvalue weighted by Gasteiger charge is -2.12. The number of methoxy groups -OCH3 is 1. The molecule has 1 atom stereocenters. The fourth-order valence-corrected chi connectivity index (χ4v) is 2.70. The first kappa shape index (κ1) is 18.6. The SMILES string of the molecule is COc1ccc(F)cc1C(C)N=Cc1ccc(OCc2ccccc2)cc1. The molecule has 0 amide bonds. The van der Waals surface area contributed by atoms with Crippen LogP contribution in [0.1, 0.15) is 29.7 Å². The van der Waals surface area contributed by atoms with Crippen LogP contribution in [0.15, 0.2) is 77.8 Å². The van der Waals surface area contributed by atoms with Gasteiger partial charge in [0.2, 0.25) is 0 Å². The normalized spacial score (nSPS) is 12.1. The number of hydrogen-bond donors (Lipinski definition) is 0. The van der Waals surface area contributed by atoms with Gasteiger partial charge in [0.05, 0.1) is 13.2 Å². The molecule has 3 rings (SSSR count). The van der Waals surface area contributed by atoms with Crippen molar-refractivity contribution < 1.29 is 13.9 Å². The van der Waals surface area contributed by atoms with Crippen molar-refractivity contribution >= 4 is 6.21 Å². The summed E-state index contributed by atoms with van der Waals surface area (Å²) in [6.07, 6.45) is 1.77. The zero-order valence-corrected chi connectivity index (χ0v) is 15.4. The Morgan fingerprint density at radius 3 is 2.44 bits per heavy atom. The molecule has 0 heterocycles. The van der Waals surface area contributed by atoms with Crippen molar-refractivity contribution in [3.63, 3.8) is 0 Å². The van der Waals surface area contributed by atoms with Crippen molar-refractivity contribution in [2.45, 2.75) is 19.6 Å². The lowest BCUT2D eigenvalue weighted by atomic mass is 10.1. The van der Waals surface area contributed by atoms with Crippen LogP contribution in [0.5, 0.6) is 11.5 Å². The number of benzene rings is 3. The molecule has 3 aromatic carbocycles. The minimum atomic E-state index is -0.298. The lowest BCUT2D eigenvalue weighted by Crippen LogP contribution is -1.97. The molecular formula is C23H22FNO2. The standard InChI is InChI=1S/C23H22FNO2/c1-17(22-14-20(24)10-13-23(22)26-2)25-15-18-8-11-21(12-9-18)27-16-19-6-4-3-5-7-19/h3-15,17H,16H2,1-2H3. The molecule has 1 unspecified atom stereocenters. The maximum absolute atomic E-state index is 13.5. The molecule has 0 aromatic heterocycles. The fourth-order valence-electron chi connectivity index (χ4n) is 2.70. The Labute approximate surface area is 159 Å². The summed E-state index contributed by atoms with van der Waals surface area (Å²) in [5, 5.41) is 0. The third kappa shape index (κ3) is 5.17. The monoisotopic (exact) mass is 363 g/mol. The van der Waals surface area contributed by atoms with Gasteiger partial charge in [0.15, 0.2) is 0 Å². The Hall–Kier alpha value is -3.14. The van der Waals surface area contributed by atoms with E-state index in [-0.39, 0.29) is 11.9 Å². The maximum atomic E-state index is 13.5. The highest BCUT2D eigenvalue weighted by molar-refractivity contribution is 5.80. The first-order valence-electron chi connectivity index (χ1n) is 8.79. The Bertz CT molecular complexity index is 892. The van der Waals surface area contributed by atoms with Gasteiger partial charge in [-0.25, -0.2) is 4.39 Å². The molecule has 0 bridgehead atoms. The predicted octanol–water partition coefficient (Wildman–Crippen LogP) is 5.59. The van der Waals surface area contributed by atoms with E-state index in [0.29, 0.717) is 12.4 Å². The number of halogens is 1. The van der Waals surface area contributed by atoms with Crippen LogP contribution in [0.3, 0.4) is 0 Å². The van der Waals surface area contributed by atoms with E-state index < -0.39 is 0 Å². The van der Waals surface area contributed by atoms with Crippen LogP contribution >= 0.6 is 0 Å². The second-order valence-electron chi connectivity index (χ2n) is 6.18. The molecule has 27 heavy (non-hydrogen) atoms. The third-order valence-corrected chi connectivity index (χ3v) is 4.22. The van der Waals surface area contributed by atoms with Gasteiger partial charge in [0.25, 0.3) is 0 Å². The lowest BCUT2D eigenvalue weighted by molar-refractivity contribution is 0.306. The van der Waals surface area contributed by atoms with Gasteiger partial charge in [-0.2, -0.15) is 0 Å². The summed E-state index contributed by atoms with van der Waals surface area (Å²) in [5.41, 5.74) is 2.79. The molecule has 0 aliphatic heterocycles. The van der Waals surface area contributed by atoms with E-state index in [1.165, 1.54) is 12.1 Å². The summed E-state index contributed by atoms with van der Waals surface area (Å²) in [7, 11) is 1.57. The predicted molar refractivity (Wildman–Crippen MR) is 106 cm³/mol. The Kier molecular flexibility index (Phi) is 6.21. The highest BCUT2D eigenvalue weighted by Crippen LogP contribution is 2.28. The molecule has 0 N–H and O–H groups in total. The van der Waals surface area contributed by atoms with Crippen LogP contribution in [0.4, 0.5) is 4.39 Å². The molecule has 0 spiro atoms. The zero-order chi connectivity index (χ0) is 19.1. The van der Waals surface area contributed by atoms with Gasteiger partial charge in [-0.3, -0.25) is 4.99 Å². The van der Waals surface area contributed by atoms with Crippen LogP contribution in [0.2, 0.25) is 0 Å². The molecule has 138 valence electrons. The van der Waals surface area contributed by atoms with Crippen LogP contribution in [-0.4, -0.2) is 13.3 Å². The van der Waals surface area contributed by atoms with Crippen LogP contribution in [0, 0.1) is 5.82 Å². The van der Waals surface area contributed by atoms with Crippen molar-refractivity contribution in [1.82, 2.24) is 0 Å². The van der Waals surface area contributed by atoms with Gasteiger partial charge in [0.1, 0.15) is 23.9 Å². The Morgan fingerprint density at radius 1 is 1.00 bits per heavy atom. The molecule has 3 aromatic rings. The minimum absolute atomic E-state index is 0.218. The molecule has 4 heteroatoms. The van der Waals surface area contributed by atoms with E-state index in [1.807, 2.05) is 61.5 Å². The molecule has 0 saturated carbocycles. The largest absolute Gasteiger partial charge is 0.496 e. The highest BCUT2D eigenvalue weighted by atomic mass is 19.1. The number of rotatable bonds is 7. The summed E-state index contributed by atoms with van der Waals surface area (Å²) in [6, 6.07) is 22.0. The second kappa shape index (κ2) is 8.99. The summed E-state index contributed by atoms with van der Waals surface area (Å²) >= 11 is 0. The van der Waals surface area contributed by atoms with Crippen LogP contribution < -0.4 is 9.47 Å². The van der Waals surface area contributed by atoms with E-state index in [4.69, 9.17) is 9.47 Å². The van der Waals surface area contributed by atoms with Crippen molar-refractivity contribution in [1.29, 1.82) is 0 Å². The van der Waals surface area contributed by atoms with E-state index in [1.54, 1.807) is 19.4 Å². The van der Waals surface area contributed by atoms with Gasteiger partial charge < -0.3 is 9.47 Å². The topological polar surface area (TPSA) is 30.8 Å². The van der Waals surface area contributed by atoms with E-state index >= 15 is 0 Å². The maximum Gasteiger partial charge on any atom is 0.124 e. The molecule has 0 fully saturated rings. The Balaban J connectivity index is 1.63. The van der Waals surface area contributed by atoms with Crippen LogP contribution in [0.25, 0.3) is 0 Å². The first-order chi connectivity index (χ1) is 13.2.